The summed E-state index contributed by atoms with van der Waals surface area (Å²) in [6.07, 6.45) is 8.79. The molecule has 4 rings (SSSR count). The molecule has 0 radical (unpaired) electrons. The van der Waals surface area contributed by atoms with Gasteiger partial charge in [0.15, 0.2) is 0 Å². The summed E-state index contributed by atoms with van der Waals surface area (Å²) < 4.78 is 5.77. The van der Waals surface area contributed by atoms with Crippen LogP contribution in [0, 0.1) is 0 Å². The van der Waals surface area contributed by atoms with Gasteiger partial charge in [0.25, 0.3) is 0 Å². The van der Waals surface area contributed by atoms with Crippen LogP contribution in [0.15, 0.2) is 29.8 Å². The Balaban J connectivity index is 1.80. The third-order valence-electron chi connectivity index (χ3n) is 5.85. The highest BCUT2D eigenvalue weighted by atomic mass is 16.5. The van der Waals surface area contributed by atoms with Crippen LogP contribution >= 0.6 is 0 Å². The van der Waals surface area contributed by atoms with Gasteiger partial charge in [0.1, 0.15) is 0 Å². The van der Waals surface area contributed by atoms with E-state index in [1.165, 1.54) is 24.8 Å². The fourth-order valence-electron chi connectivity index (χ4n) is 4.14. The molecule has 0 aromatic heterocycles. The number of ether oxygens (including phenoxy) is 1. The van der Waals surface area contributed by atoms with Crippen molar-refractivity contribution in [3.63, 3.8) is 0 Å². The Morgan fingerprint density at radius 1 is 1.09 bits per heavy atom. The van der Waals surface area contributed by atoms with Gasteiger partial charge in [-0.15, -0.1) is 0 Å². The number of benzene rings is 1. The molecule has 0 saturated heterocycles. The maximum Gasteiger partial charge on any atom is 0.331 e. The molecular formula is C19H24O3. The Kier molecular flexibility index (Phi) is 3.85. The van der Waals surface area contributed by atoms with Crippen LogP contribution in [-0.4, -0.2) is 23.8 Å². The highest BCUT2D eigenvalue weighted by Crippen LogP contribution is 2.54. The molecule has 0 amide bonds. The first-order valence-electron chi connectivity index (χ1n) is 8.06. The van der Waals surface area contributed by atoms with Gasteiger partial charge >= 0.3 is 5.97 Å². The third kappa shape index (κ3) is 2.58. The van der Waals surface area contributed by atoms with Gasteiger partial charge in [-0.1, -0.05) is 24.3 Å². The van der Waals surface area contributed by atoms with E-state index in [1.807, 2.05) is 19.2 Å². The maximum absolute atomic E-state index is 10.9. The first-order valence-corrected chi connectivity index (χ1v) is 8.06. The van der Waals surface area contributed by atoms with Crippen molar-refractivity contribution in [3.8, 4) is 0 Å². The van der Waals surface area contributed by atoms with Gasteiger partial charge in [-0.2, -0.15) is 0 Å². The average Bonchev–Trinajstić information content (AvgIpc) is 2.57. The number of aliphatic carboxylic acids is 1. The number of carboxylic acid groups (broad SMARTS) is 1. The van der Waals surface area contributed by atoms with Crippen molar-refractivity contribution in [3.05, 3.63) is 41.0 Å². The molecule has 3 aliphatic carbocycles. The van der Waals surface area contributed by atoms with Crippen molar-refractivity contribution in [2.24, 2.45) is 0 Å². The van der Waals surface area contributed by atoms with Crippen molar-refractivity contribution in [1.29, 1.82) is 0 Å². The van der Waals surface area contributed by atoms with Gasteiger partial charge in [-0.05, 0) is 68.1 Å². The van der Waals surface area contributed by atoms with E-state index >= 15 is 0 Å². The zero-order valence-electron chi connectivity index (χ0n) is 13.4. The predicted octanol–water partition coefficient (Wildman–Crippen LogP) is 4.17. The van der Waals surface area contributed by atoms with Crippen LogP contribution in [0.5, 0.6) is 0 Å². The van der Waals surface area contributed by atoms with Crippen LogP contribution in [0.3, 0.4) is 0 Å². The lowest BCUT2D eigenvalue weighted by Gasteiger charge is -2.53. The van der Waals surface area contributed by atoms with Crippen molar-refractivity contribution >= 4 is 12.0 Å². The van der Waals surface area contributed by atoms with Gasteiger partial charge in [0.05, 0.1) is 5.60 Å². The largest absolute Gasteiger partial charge is 0.478 e. The van der Waals surface area contributed by atoms with E-state index < -0.39 is 5.97 Å². The minimum Gasteiger partial charge on any atom is -0.478 e. The lowest BCUT2D eigenvalue weighted by Crippen LogP contribution is -2.49. The Labute approximate surface area is 132 Å². The molecule has 1 aromatic rings. The van der Waals surface area contributed by atoms with Crippen LogP contribution in [0.2, 0.25) is 0 Å². The Morgan fingerprint density at radius 2 is 1.64 bits per heavy atom. The summed E-state index contributed by atoms with van der Waals surface area (Å²) in [5.41, 5.74) is 3.18. The number of hydrogen-bond donors (Lipinski definition) is 1. The second-order valence-corrected chi connectivity index (χ2v) is 6.92. The van der Waals surface area contributed by atoms with E-state index in [9.17, 15) is 4.79 Å². The van der Waals surface area contributed by atoms with Crippen LogP contribution in [0.25, 0.3) is 6.08 Å². The SMILES string of the molecule is COC12CCC(c3ccc(/C=C(/C)C(=O)O)cc3)(CC1)CC2. The standard InChI is InChI=1S/C19H24O3/c1-14(17(20)21)13-15-3-5-16(6-4-15)18-7-10-19(22-2,11-8-18)12-9-18/h3-6,13H,7-12H2,1-2H3,(H,20,21)/b14-13-. The zero-order chi connectivity index (χ0) is 15.8. The summed E-state index contributed by atoms with van der Waals surface area (Å²) in [6.45, 7) is 1.63. The van der Waals surface area contributed by atoms with Gasteiger partial charge in [-0.25, -0.2) is 4.79 Å². The fourth-order valence-corrected chi connectivity index (χ4v) is 4.14. The Bertz CT molecular complexity index is 573. The summed E-state index contributed by atoms with van der Waals surface area (Å²) >= 11 is 0. The molecule has 1 aromatic carbocycles. The molecule has 0 unspecified atom stereocenters. The van der Waals surface area contributed by atoms with E-state index in [2.05, 4.69) is 12.1 Å². The number of carbonyl (C=O) groups is 1. The number of methoxy groups -OCH3 is 1. The molecule has 3 heteroatoms. The Hall–Kier alpha value is -1.61. The Morgan fingerprint density at radius 3 is 2.09 bits per heavy atom. The highest BCUT2D eigenvalue weighted by Gasteiger charge is 2.49. The number of rotatable bonds is 4. The lowest BCUT2D eigenvalue weighted by atomic mass is 9.56. The molecule has 118 valence electrons. The molecule has 0 atom stereocenters. The van der Waals surface area contributed by atoms with E-state index in [0.717, 1.165) is 24.8 Å². The van der Waals surface area contributed by atoms with Crippen LogP contribution in [0.1, 0.15) is 56.6 Å². The van der Waals surface area contributed by atoms with Gasteiger partial charge in [-0.3, -0.25) is 0 Å². The van der Waals surface area contributed by atoms with Crippen molar-refractivity contribution in [1.82, 2.24) is 0 Å². The van der Waals surface area contributed by atoms with Crippen LogP contribution < -0.4 is 0 Å². The molecule has 3 saturated carbocycles. The van der Waals surface area contributed by atoms with E-state index in [0.29, 0.717) is 11.0 Å². The van der Waals surface area contributed by atoms with Gasteiger partial charge in [0.2, 0.25) is 0 Å². The second-order valence-electron chi connectivity index (χ2n) is 6.92. The molecular weight excluding hydrogens is 276 g/mol. The maximum atomic E-state index is 10.9. The van der Waals surface area contributed by atoms with Crippen molar-refractivity contribution in [2.45, 2.75) is 56.5 Å². The smallest absolute Gasteiger partial charge is 0.331 e. The van der Waals surface area contributed by atoms with Crippen molar-refractivity contribution in [2.75, 3.05) is 7.11 Å². The summed E-state index contributed by atoms with van der Waals surface area (Å²) in [7, 11) is 1.85. The normalized spacial score (nSPS) is 31.3. The minimum atomic E-state index is -0.863. The van der Waals surface area contributed by atoms with Crippen LogP contribution in [0.4, 0.5) is 0 Å². The molecule has 1 N–H and O–H groups in total. The summed E-state index contributed by atoms with van der Waals surface area (Å²) in [5.74, 6) is -0.863. The van der Waals surface area contributed by atoms with E-state index in [-0.39, 0.29) is 5.60 Å². The first kappa shape index (κ1) is 15.3. The second kappa shape index (κ2) is 5.54. The molecule has 22 heavy (non-hydrogen) atoms. The summed E-state index contributed by atoms with van der Waals surface area (Å²) in [5, 5.41) is 8.95. The predicted molar refractivity (Wildman–Crippen MR) is 86.8 cm³/mol. The molecule has 0 aliphatic heterocycles. The van der Waals surface area contributed by atoms with E-state index in [1.54, 1.807) is 13.0 Å². The highest BCUT2D eigenvalue weighted by molar-refractivity contribution is 5.91. The minimum absolute atomic E-state index is 0.142. The molecule has 3 nitrogen and oxygen atoms in total. The number of hydrogen-bond acceptors (Lipinski definition) is 2. The summed E-state index contributed by atoms with van der Waals surface area (Å²) in [4.78, 5) is 10.9. The summed E-state index contributed by atoms with van der Waals surface area (Å²) in [6, 6.07) is 8.46. The topological polar surface area (TPSA) is 46.5 Å². The van der Waals surface area contributed by atoms with Crippen LogP contribution in [-0.2, 0) is 14.9 Å². The lowest BCUT2D eigenvalue weighted by molar-refractivity contribution is -0.132. The van der Waals surface area contributed by atoms with Gasteiger partial charge < -0.3 is 9.84 Å². The molecule has 2 bridgehead atoms. The molecule has 3 aliphatic rings. The van der Waals surface area contributed by atoms with Crippen molar-refractivity contribution < 1.29 is 14.6 Å². The zero-order valence-corrected chi connectivity index (χ0v) is 13.4. The van der Waals surface area contributed by atoms with E-state index in [4.69, 9.17) is 9.84 Å². The fraction of sp³-hybridized carbons (Fsp3) is 0.526. The molecule has 0 heterocycles. The average molecular weight is 300 g/mol. The van der Waals surface area contributed by atoms with Gasteiger partial charge in [0, 0.05) is 12.7 Å². The third-order valence-corrected chi connectivity index (χ3v) is 5.85. The first-order chi connectivity index (χ1) is 10.5. The number of carboxylic acids is 1. The quantitative estimate of drug-likeness (QED) is 0.849. The molecule has 3 fully saturated rings. The monoisotopic (exact) mass is 300 g/mol. The molecule has 0 spiro atoms. The number of fused-ring (bicyclic) bond motifs is 3.